The van der Waals surface area contributed by atoms with Gasteiger partial charge in [-0.1, -0.05) is 19.3 Å². The standard InChI is InChI=1S/C16H19N3O2/c1-18(13-5-3-2-4-6-13)16-10-7-12-11-14(19(20)21)8-9-15(12)17-16/h7-11,13H,2-6H2,1H3. The Kier molecular flexibility index (Phi) is 3.73. The van der Waals surface area contributed by atoms with Crippen molar-refractivity contribution in [3.05, 3.63) is 40.4 Å². The molecule has 1 aliphatic rings. The van der Waals surface area contributed by atoms with E-state index in [0.717, 1.165) is 16.7 Å². The van der Waals surface area contributed by atoms with Gasteiger partial charge in [-0.3, -0.25) is 10.1 Å². The molecule has 2 aromatic rings. The third-order valence-corrected chi connectivity index (χ3v) is 4.35. The Morgan fingerprint density at radius 2 is 1.95 bits per heavy atom. The van der Waals surface area contributed by atoms with Gasteiger partial charge in [0, 0.05) is 30.6 Å². The highest BCUT2D eigenvalue weighted by molar-refractivity contribution is 5.82. The van der Waals surface area contributed by atoms with Crippen LogP contribution in [0.25, 0.3) is 10.9 Å². The Hall–Kier alpha value is -2.17. The largest absolute Gasteiger partial charge is 0.357 e. The van der Waals surface area contributed by atoms with Crippen molar-refractivity contribution in [2.45, 2.75) is 38.1 Å². The second kappa shape index (κ2) is 5.68. The molecule has 0 unspecified atom stereocenters. The molecule has 21 heavy (non-hydrogen) atoms. The number of non-ortho nitro benzene ring substituents is 1. The zero-order valence-corrected chi connectivity index (χ0v) is 12.2. The molecule has 0 radical (unpaired) electrons. The van der Waals surface area contributed by atoms with E-state index in [-0.39, 0.29) is 10.6 Å². The smallest absolute Gasteiger partial charge is 0.270 e. The molecule has 1 saturated carbocycles. The lowest BCUT2D eigenvalue weighted by atomic mass is 9.94. The molecule has 1 aromatic heterocycles. The van der Waals surface area contributed by atoms with E-state index in [2.05, 4.69) is 16.9 Å². The highest BCUT2D eigenvalue weighted by atomic mass is 16.6. The molecular weight excluding hydrogens is 266 g/mol. The topological polar surface area (TPSA) is 59.3 Å². The summed E-state index contributed by atoms with van der Waals surface area (Å²) in [4.78, 5) is 17.3. The highest BCUT2D eigenvalue weighted by Crippen LogP contribution is 2.27. The zero-order chi connectivity index (χ0) is 14.8. The molecule has 0 spiro atoms. The molecule has 1 aromatic carbocycles. The maximum Gasteiger partial charge on any atom is 0.270 e. The molecule has 5 heteroatoms. The molecule has 0 saturated heterocycles. The lowest BCUT2D eigenvalue weighted by molar-refractivity contribution is -0.384. The van der Waals surface area contributed by atoms with Crippen LogP contribution in [0.15, 0.2) is 30.3 Å². The third-order valence-electron chi connectivity index (χ3n) is 4.35. The number of rotatable bonds is 3. The number of nitro benzene ring substituents is 1. The summed E-state index contributed by atoms with van der Waals surface area (Å²) in [6.45, 7) is 0. The van der Waals surface area contributed by atoms with Crippen LogP contribution in [0.1, 0.15) is 32.1 Å². The first-order valence-electron chi connectivity index (χ1n) is 7.43. The Morgan fingerprint density at radius 3 is 2.67 bits per heavy atom. The summed E-state index contributed by atoms with van der Waals surface area (Å²) < 4.78 is 0. The van der Waals surface area contributed by atoms with Crippen LogP contribution >= 0.6 is 0 Å². The van der Waals surface area contributed by atoms with Gasteiger partial charge in [-0.2, -0.15) is 0 Å². The van der Waals surface area contributed by atoms with Crippen molar-refractivity contribution >= 4 is 22.4 Å². The number of fused-ring (bicyclic) bond motifs is 1. The third kappa shape index (κ3) is 2.82. The summed E-state index contributed by atoms with van der Waals surface area (Å²) in [5, 5.41) is 11.6. The number of aromatic nitrogens is 1. The first kappa shape index (κ1) is 13.8. The molecule has 0 bridgehead atoms. The van der Waals surface area contributed by atoms with Crippen molar-refractivity contribution in [3.63, 3.8) is 0 Å². The predicted octanol–water partition coefficient (Wildman–Crippen LogP) is 3.91. The molecule has 0 N–H and O–H groups in total. The average molecular weight is 285 g/mol. The minimum atomic E-state index is -0.374. The van der Waals surface area contributed by atoms with E-state index in [4.69, 9.17) is 0 Å². The fourth-order valence-corrected chi connectivity index (χ4v) is 3.07. The van der Waals surface area contributed by atoms with Crippen LogP contribution in [-0.2, 0) is 0 Å². The van der Waals surface area contributed by atoms with Gasteiger partial charge in [0.15, 0.2) is 0 Å². The maximum atomic E-state index is 10.8. The molecule has 1 aliphatic carbocycles. The predicted molar refractivity (Wildman–Crippen MR) is 83.7 cm³/mol. The van der Waals surface area contributed by atoms with Crippen molar-refractivity contribution in [2.24, 2.45) is 0 Å². The Bertz CT molecular complexity index is 666. The van der Waals surface area contributed by atoms with Gasteiger partial charge in [0.1, 0.15) is 5.82 Å². The molecule has 3 rings (SSSR count). The number of anilines is 1. The van der Waals surface area contributed by atoms with Gasteiger partial charge in [0.25, 0.3) is 5.69 Å². The van der Waals surface area contributed by atoms with Gasteiger partial charge in [0.05, 0.1) is 10.4 Å². The number of pyridine rings is 1. The average Bonchev–Trinajstić information content (AvgIpc) is 2.54. The van der Waals surface area contributed by atoms with Crippen molar-refractivity contribution in [2.75, 3.05) is 11.9 Å². The van der Waals surface area contributed by atoms with Gasteiger partial charge < -0.3 is 4.90 Å². The van der Waals surface area contributed by atoms with E-state index in [1.807, 2.05) is 12.1 Å². The SMILES string of the molecule is CN(c1ccc2cc([N+](=O)[O-])ccc2n1)C1CCCCC1. The number of hydrogen-bond donors (Lipinski definition) is 0. The molecule has 1 fully saturated rings. The van der Waals surface area contributed by atoms with Gasteiger partial charge in [0.2, 0.25) is 0 Å². The molecule has 110 valence electrons. The van der Waals surface area contributed by atoms with Crippen LogP contribution in [0.3, 0.4) is 0 Å². The molecule has 0 aliphatic heterocycles. The molecule has 5 nitrogen and oxygen atoms in total. The summed E-state index contributed by atoms with van der Waals surface area (Å²) >= 11 is 0. The summed E-state index contributed by atoms with van der Waals surface area (Å²) in [6.07, 6.45) is 6.34. The Balaban J connectivity index is 1.89. The quantitative estimate of drug-likeness (QED) is 0.633. The van der Waals surface area contributed by atoms with Crippen LogP contribution in [0.2, 0.25) is 0 Å². The summed E-state index contributed by atoms with van der Waals surface area (Å²) in [5.74, 6) is 0.947. The fourth-order valence-electron chi connectivity index (χ4n) is 3.07. The molecule has 0 atom stereocenters. The highest BCUT2D eigenvalue weighted by Gasteiger charge is 2.19. The minimum absolute atomic E-state index is 0.109. The number of hydrogen-bond acceptors (Lipinski definition) is 4. The molecular formula is C16H19N3O2. The molecule has 1 heterocycles. The van der Waals surface area contributed by atoms with E-state index in [1.54, 1.807) is 12.1 Å². The lowest BCUT2D eigenvalue weighted by Crippen LogP contribution is -2.33. The van der Waals surface area contributed by atoms with Crippen LogP contribution in [0, 0.1) is 10.1 Å². The second-order valence-corrected chi connectivity index (χ2v) is 5.71. The van der Waals surface area contributed by atoms with Crippen molar-refractivity contribution in [1.82, 2.24) is 4.98 Å². The Labute approximate surface area is 123 Å². The van der Waals surface area contributed by atoms with Gasteiger partial charge in [-0.25, -0.2) is 4.98 Å². The number of benzene rings is 1. The summed E-state index contributed by atoms with van der Waals surface area (Å²) in [6, 6.07) is 9.25. The fraction of sp³-hybridized carbons (Fsp3) is 0.438. The van der Waals surface area contributed by atoms with Crippen molar-refractivity contribution in [3.8, 4) is 0 Å². The van der Waals surface area contributed by atoms with Crippen LogP contribution in [0.5, 0.6) is 0 Å². The summed E-state index contributed by atoms with van der Waals surface area (Å²) in [7, 11) is 2.09. The van der Waals surface area contributed by atoms with Crippen molar-refractivity contribution in [1.29, 1.82) is 0 Å². The Morgan fingerprint density at radius 1 is 1.19 bits per heavy atom. The summed E-state index contributed by atoms with van der Waals surface area (Å²) in [5.41, 5.74) is 0.915. The van der Waals surface area contributed by atoms with E-state index in [9.17, 15) is 10.1 Å². The van der Waals surface area contributed by atoms with E-state index in [1.165, 1.54) is 38.2 Å². The first-order chi connectivity index (χ1) is 10.1. The van der Waals surface area contributed by atoms with Crippen LogP contribution < -0.4 is 4.90 Å². The van der Waals surface area contributed by atoms with Crippen LogP contribution in [-0.4, -0.2) is 23.0 Å². The van der Waals surface area contributed by atoms with Crippen molar-refractivity contribution < 1.29 is 4.92 Å². The number of nitrogens with zero attached hydrogens (tertiary/aromatic N) is 3. The molecule has 0 amide bonds. The van der Waals surface area contributed by atoms with E-state index >= 15 is 0 Å². The first-order valence-corrected chi connectivity index (χ1v) is 7.43. The maximum absolute atomic E-state index is 10.8. The van der Waals surface area contributed by atoms with Gasteiger partial charge in [-0.05, 0) is 31.0 Å². The van der Waals surface area contributed by atoms with E-state index < -0.39 is 0 Å². The normalized spacial score (nSPS) is 16.0. The number of nitro groups is 1. The monoisotopic (exact) mass is 285 g/mol. The lowest BCUT2D eigenvalue weighted by Gasteiger charge is -2.32. The second-order valence-electron chi connectivity index (χ2n) is 5.71. The van der Waals surface area contributed by atoms with Crippen LogP contribution in [0.4, 0.5) is 11.5 Å². The van der Waals surface area contributed by atoms with Gasteiger partial charge in [-0.15, -0.1) is 0 Å². The van der Waals surface area contributed by atoms with E-state index in [0.29, 0.717) is 6.04 Å². The van der Waals surface area contributed by atoms with Gasteiger partial charge >= 0.3 is 0 Å². The zero-order valence-electron chi connectivity index (χ0n) is 12.2. The minimum Gasteiger partial charge on any atom is -0.357 e.